The molecule has 1 aromatic rings. The third-order valence-corrected chi connectivity index (χ3v) is 2.91. The molecule has 1 rings (SSSR count). The van der Waals surface area contributed by atoms with Crippen LogP contribution in [0.15, 0.2) is 46.0 Å². The summed E-state index contributed by atoms with van der Waals surface area (Å²) in [5.74, 6) is 0.289. The van der Waals surface area contributed by atoms with Crippen molar-refractivity contribution in [2.24, 2.45) is 9.98 Å². The molecule has 0 fully saturated rings. The Kier molecular flexibility index (Phi) is 6.06. The lowest BCUT2D eigenvalue weighted by Crippen LogP contribution is -2.00. The second kappa shape index (κ2) is 7.59. The summed E-state index contributed by atoms with van der Waals surface area (Å²) >= 11 is 0. The molecule has 1 aromatic carbocycles. The zero-order valence-corrected chi connectivity index (χ0v) is 11.6. The maximum atomic E-state index is 4.39. The van der Waals surface area contributed by atoms with Crippen LogP contribution in [-0.2, 0) is 0 Å². The Morgan fingerprint density at radius 3 is 2.56 bits per heavy atom. The van der Waals surface area contributed by atoms with E-state index >= 15 is 0 Å². The first-order valence-corrected chi connectivity index (χ1v) is 6.41. The second-order valence-electron chi connectivity index (χ2n) is 4.48. The zero-order valence-electron chi connectivity index (χ0n) is 11.6. The number of allylic oxidation sites excluding steroid dienone is 1. The van der Waals surface area contributed by atoms with Crippen molar-refractivity contribution < 1.29 is 0 Å². The quantitative estimate of drug-likeness (QED) is 0.669. The van der Waals surface area contributed by atoms with Crippen molar-refractivity contribution in [3.05, 3.63) is 47.2 Å². The Balaban J connectivity index is 2.89. The zero-order chi connectivity index (χ0) is 13.4. The maximum Gasteiger partial charge on any atom is 0.0386 e. The van der Waals surface area contributed by atoms with Gasteiger partial charge in [0.25, 0.3) is 0 Å². The minimum Gasteiger partial charge on any atom is -0.293 e. The number of rotatable bonds is 6. The van der Waals surface area contributed by atoms with Gasteiger partial charge >= 0.3 is 0 Å². The van der Waals surface area contributed by atoms with Crippen molar-refractivity contribution in [1.82, 2.24) is 0 Å². The standard InChI is InChI=1S/C16H22N2/c1-5-10-18-12-16(11-17-4)14(3)15-8-6-13(2)7-9-15/h6-9,11-12,14H,4-5,10H2,1-3H3/b16-11+,18-12-. The Labute approximate surface area is 110 Å². The summed E-state index contributed by atoms with van der Waals surface area (Å²) < 4.78 is 0. The molecule has 0 aromatic heterocycles. The summed E-state index contributed by atoms with van der Waals surface area (Å²) in [5, 5.41) is 0. The normalized spacial score (nSPS) is 13.8. The van der Waals surface area contributed by atoms with Gasteiger partial charge in [-0.15, -0.1) is 0 Å². The summed E-state index contributed by atoms with van der Waals surface area (Å²) in [5.41, 5.74) is 3.65. The Morgan fingerprint density at radius 2 is 2.00 bits per heavy atom. The molecule has 0 heterocycles. The molecule has 0 N–H and O–H groups in total. The maximum absolute atomic E-state index is 4.39. The van der Waals surface area contributed by atoms with Crippen LogP contribution in [0.3, 0.4) is 0 Å². The molecule has 0 bridgehead atoms. The number of aryl methyl sites for hydroxylation is 1. The van der Waals surface area contributed by atoms with Crippen LogP contribution in [0.4, 0.5) is 0 Å². The van der Waals surface area contributed by atoms with Crippen molar-refractivity contribution >= 4 is 12.9 Å². The van der Waals surface area contributed by atoms with Crippen molar-refractivity contribution in [1.29, 1.82) is 0 Å². The summed E-state index contributed by atoms with van der Waals surface area (Å²) in [6, 6.07) is 8.58. The Morgan fingerprint density at radius 1 is 1.33 bits per heavy atom. The largest absolute Gasteiger partial charge is 0.293 e. The van der Waals surface area contributed by atoms with E-state index in [9.17, 15) is 0 Å². The molecule has 0 amide bonds. The third-order valence-electron chi connectivity index (χ3n) is 2.91. The molecule has 0 spiro atoms. The van der Waals surface area contributed by atoms with E-state index in [-0.39, 0.29) is 5.92 Å². The van der Waals surface area contributed by atoms with Gasteiger partial charge < -0.3 is 0 Å². The Bertz CT molecular complexity index is 427. The SMILES string of the molecule is C=N/C=C(\C=N/CCC)C(C)c1ccc(C)cc1. The molecule has 1 atom stereocenters. The lowest BCUT2D eigenvalue weighted by molar-refractivity contribution is 0.913. The van der Waals surface area contributed by atoms with Crippen LogP contribution < -0.4 is 0 Å². The monoisotopic (exact) mass is 242 g/mol. The van der Waals surface area contributed by atoms with Gasteiger partial charge in [-0.3, -0.25) is 9.98 Å². The Hall–Kier alpha value is -1.70. The average Bonchev–Trinajstić information content (AvgIpc) is 2.38. The molecule has 0 saturated heterocycles. The minimum absolute atomic E-state index is 0.289. The van der Waals surface area contributed by atoms with E-state index in [2.05, 4.69) is 61.7 Å². The smallest absolute Gasteiger partial charge is 0.0386 e. The predicted octanol–water partition coefficient (Wildman–Crippen LogP) is 4.16. The van der Waals surface area contributed by atoms with Crippen LogP contribution in [0.2, 0.25) is 0 Å². The predicted molar refractivity (Wildman–Crippen MR) is 80.9 cm³/mol. The van der Waals surface area contributed by atoms with Gasteiger partial charge in [0, 0.05) is 24.9 Å². The summed E-state index contributed by atoms with van der Waals surface area (Å²) in [6.07, 6.45) is 4.77. The van der Waals surface area contributed by atoms with Gasteiger partial charge in [0.2, 0.25) is 0 Å². The van der Waals surface area contributed by atoms with Gasteiger partial charge in [0.05, 0.1) is 0 Å². The van der Waals surface area contributed by atoms with Crippen LogP contribution in [0, 0.1) is 6.92 Å². The van der Waals surface area contributed by atoms with Crippen LogP contribution >= 0.6 is 0 Å². The fraction of sp³-hybridized carbons (Fsp3) is 0.375. The highest BCUT2D eigenvalue weighted by molar-refractivity contribution is 5.80. The highest BCUT2D eigenvalue weighted by Crippen LogP contribution is 2.23. The van der Waals surface area contributed by atoms with Gasteiger partial charge in [-0.05, 0) is 31.2 Å². The molecule has 0 aliphatic heterocycles. The highest BCUT2D eigenvalue weighted by Gasteiger charge is 2.09. The van der Waals surface area contributed by atoms with E-state index in [1.165, 1.54) is 11.1 Å². The third kappa shape index (κ3) is 4.28. The lowest BCUT2D eigenvalue weighted by Gasteiger charge is -2.12. The van der Waals surface area contributed by atoms with Crippen molar-refractivity contribution in [2.75, 3.05) is 6.54 Å². The molecule has 96 valence electrons. The molecule has 0 radical (unpaired) electrons. The summed E-state index contributed by atoms with van der Waals surface area (Å²) in [4.78, 5) is 8.27. The number of benzene rings is 1. The molecule has 18 heavy (non-hydrogen) atoms. The van der Waals surface area contributed by atoms with E-state index in [0.717, 1.165) is 18.5 Å². The molecule has 0 aliphatic rings. The first-order chi connectivity index (χ1) is 8.69. The number of hydrogen-bond acceptors (Lipinski definition) is 2. The second-order valence-corrected chi connectivity index (χ2v) is 4.48. The number of hydrogen-bond donors (Lipinski definition) is 0. The van der Waals surface area contributed by atoms with Crippen molar-refractivity contribution in [3.8, 4) is 0 Å². The van der Waals surface area contributed by atoms with Gasteiger partial charge in [-0.2, -0.15) is 0 Å². The van der Waals surface area contributed by atoms with Crippen LogP contribution in [0.5, 0.6) is 0 Å². The first-order valence-electron chi connectivity index (χ1n) is 6.41. The van der Waals surface area contributed by atoms with Gasteiger partial charge in [-0.25, -0.2) is 0 Å². The fourth-order valence-electron chi connectivity index (χ4n) is 1.71. The molecular weight excluding hydrogens is 220 g/mol. The number of nitrogens with zero attached hydrogens (tertiary/aromatic N) is 2. The van der Waals surface area contributed by atoms with E-state index in [4.69, 9.17) is 0 Å². The van der Waals surface area contributed by atoms with Crippen LogP contribution in [-0.4, -0.2) is 19.5 Å². The average molecular weight is 242 g/mol. The highest BCUT2D eigenvalue weighted by atomic mass is 14.7. The fourth-order valence-corrected chi connectivity index (χ4v) is 1.71. The van der Waals surface area contributed by atoms with Crippen LogP contribution in [0.1, 0.15) is 37.3 Å². The molecular formula is C16H22N2. The molecule has 2 heteroatoms. The van der Waals surface area contributed by atoms with E-state index in [1.807, 2.05) is 6.21 Å². The van der Waals surface area contributed by atoms with Gasteiger partial charge in [0.15, 0.2) is 0 Å². The number of aliphatic imine (C=N–C) groups is 2. The summed E-state index contributed by atoms with van der Waals surface area (Å²) in [6.45, 7) is 10.8. The van der Waals surface area contributed by atoms with Gasteiger partial charge in [-0.1, -0.05) is 43.7 Å². The summed E-state index contributed by atoms with van der Waals surface area (Å²) in [7, 11) is 0. The van der Waals surface area contributed by atoms with Crippen molar-refractivity contribution in [3.63, 3.8) is 0 Å². The first kappa shape index (κ1) is 14.4. The van der Waals surface area contributed by atoms with E-state index in [0.29, 0.717) is 0 Å². The van der Waals surface area contributed by atoms with Crippen molar-refractivity contribution in [2.45, 2.75) is 33.1 Å². The molecule has 2 nitrogen and oxygen atoms in total. The topological polar surface area (TPSA) is 24.7 Å². The van der Waals surface area contributed by atoms with E-state index < -0.39 is 0 Å². The molecule has 0 saturated carbocycles. The lowest BCUT2D eigenvalue weighted by atomic mass is 9.93. The minimum atomic E-state index is 0.289. The van der Waals surface area contributed by atoms with E-state index in [1.54, 1.807) is 6.20 Å². The van der Waals surface area contributed by atoms with Gasteiger partial charge in [0.1, 0.15) is 0 Å². The molecule has 1 unspecified atom stereocenters. The van der Waals surface area contributed by atoms with Crippen LogP contribution in [0.25, 0.3) is 0 Å². The molecule has 0 aliphatic carbocycles.